The van der Waals surface area contributed by atoms with Gasteiger partial charge in [0.1, 0.15) is 5.54 Å². The Morgan fingerprint density at radius 1 is 1.06 bits per heavy atom. The van der Waals surface area contributed by atoms with Crippen LogP contribution < -0.4 is 5.73 Å². The van der Waals surface area contributed by atoms with Crippen LogP contribution in [0.1, 0.15) is 54.0 Å². The molecule has 1 aliphatic heterocycles. The van der Waals surface area contributed by atoms with Crippen molar-refractivity contribution in [1.82, 2.24) is 9.88 Å². The number of hydrogen-bond donors (Lipinski definition) is 1. The van der Waals surface area contributed by atoms with E-state index < -0.39 is 11.5 Å². The lowest BCUT2D eigenvalue weighted by Gasteiger charge is -2.40. The molecule has 0 radical (unpaired) electrons. The van der Waals surface area contributed by atoms with Crippen LogP contribution in [0.5, 0.6) is 0 Å². The number of hydrogen-bond acceptors (Lipinski definition) is 5. The van der Waals surface area contributed by atoms with Gasteiger partial charge in [-0.1, -0.05) is 36.4 Å². The maximum Gasteiger partial charge on any atom is 0.239 e. The highest BCUT2D eigenvalue weighted by atomic mass is 16.2. The average Bonchev–Trinajstić information content (AvgIpc) is 3.69. The number of guanidine groups is 1. The largest absolute Gasteiger partial charge is 0.369 e. The number of nitriles is 1. The second-order valence-corrected chi connectivity index (χ2v) is 9.01. The van der Waals surface area contributed by atoms with E-state index in [2.05, 4.69) is 23.2 Å². The first kappa shape index (κ1) is 20.9. The fourth-order valence-electron chi connectivity index (χ4n) is 4.63. The molecule has 6 nitrogen and oxygen atoms in total. The molecule has 2 atom stereocenters. The summed E-state index contributed by atoms with van der Waals surface area (Å²) in [5.74, 6) is 0.150. The molecular weight excluding hydrogens is 410 g/mol. The first-order chi connectivity index (χ1) is 15.9. The van der Waals surface area contributed by atoms with E-state index in [1.807, 2.05) is 49.4 Å². The molecule has 3 aromatic rings. The van der Waals surface area contributed by atoms with Gasteiger partial charge in [-0.2, -0.15) is 5.26 Å². The van der Waals surface area contributed by atoms with E-state index in [0.29, 0.717) is 17.2 Å². The normalized spacial score (nSPS) is 22.6. The molecular formula is C27H25N5O. The molecule has 1 aliphatic carbocycles. The van der Waals surface area contributed by atoms with Gasteiger partial charge in [0.15, 0.2) is 5.96 Å². The van der Waals surface area contributed by atoms with Crippen molar-refractivity contribution in [2.24, 2.45) is 10.7 Å². The monoisotopic (exact) mass is 435 g/mol. The average molecular weight is 436 g/mol. The molecule has 164 valence electrons. The molecule has 2 heterocycles. The maximum atomic E-state index is 13.5. The Bertz CT molecular complexity index is 1300. The van der Waals surface area contributed by atoms with Gasteiger partial charge in [0.25, 0.3) is 0 Å². The Labute approximate surface area is 193 Å². The zero-order chi connectivity index (χ0) is 23.2. The van der Waals surface area contributed by atoms with Crippen LogP contribution in [-0.2, 0) is 10.3 Å². The highest BCUT2D eigenvalue weighted by molar-refractivity contribution is 6.02. The Morgan fingerprint density at radius 3 is 2.45 bits per heavy atom. The van der Waals surface area contributed by atoms with Crippen LogP contribution in [0.25, 0.3) is 11.1 Å². The van der Waals surface area contributed by atoms with E-state index in [4.69, 9.17) is 10.7 Å². The number of aromatic nitrogens is 1. The number of likely N-dealkylation sites (N-methyl/N-ethyl adjacent to an activating group) is 1. The van der Waals surface area contributed by atoms with E-state index in [-0.39, 0.29) is 11.9 Å². The molecule has 2 aliphatic rings. The van der Waals surface area contributed by atoms with E-state index in [9.17, 15) is 10.1 Å². The summed E-state index contributed by atoms with van der Waals surface area (Å²) in [7, 11) is 1.66. The summed E-state index contributed by atoms with van der Waals surface area (Å²) >= 11 is 0. The van der Waals surface area contributed by atoms with Crippen LogP contribution >= 0.6 is 0 Å². The molecule has 6 heteroatoms. The minimum absolute atomic E-state index is 0.108. The van der Waals surface area contributed by atoms with Crippen molar-refractivity contribution in [3.8, 4) is 17.2 Å². The van der Waals surface area contributed by atoms with Gasteiger partial charge in [0.05, 0.1) is 23.2 Å². The molecule has 2 aromatic carbocycles. The quantitative estimate of drug-likeness (QED) is 0.661. The van der Waals surface area contributed by atoms with Gasteiger partial charge in [-0.05, 0) is 72.2 Å². The summed E-state index contributed by atoms with van der Waals surface area (Å²) in [5.41, 5.74) is 10.5. The molecule has 0 bridgehead atoms. The molecule has 1 amide bonds. The number of nitrogens with two attached hydrogens (primary N) is 1. The maximum absolute atomic E-state index is 13.5. The topological polar surface area (TPSA) is 95.4 Å². The molecule has 5 rings (SSSR count). The highest BCUT2D eigenvalue weighted by Crippen LogP contribution is 2.45. The smallest absolute Gasteiger partial charge is 0.239 e. The van der Waals surface area contributed by atoms with E-state index >= 15 is 0 Å². The fraction of sp³-hybridized carbons (Fsp3) is 0.259. The Kier molecular flexibility index (Phi) is 4.98. The Hall–Kier alpha value is -3.98. The molecule has 1 unspecified atom stereocenters. The van der Waals surface area contributed by atoms with Crippen molar-refractivity contribution in [3.05, 3.63) is 89.2 Å². The Balaban J connectivity index is 1.61. The number of carbonyl (C=O) groups excluding carboxylic acids is 1. The Morgan fingerprint density at radius 2 is 1.76 bits per heavy atom. The lowest BCUT2D eigenvalue weighted by atomic mass is 9.76. The number of rotatable bonds is 4. The number of pyridine rings is 1. The molecule has 2 N–H and O–H groups in total. The number of nitrogens with zero attached hydrogens (tertiary/aromatic N) is 4. The highest BCUT2D eigenvalue weighted by Gasteiger charge is 2.48. The third kappa shape index (κ3) is 3.66. The SMILES string of the molecule is CN1C(=O)[C@H](c2ccc(C3CC3)cc2)C(C)(c2cc(-c3cccc(C#N)c3)ccn2)N=C1N. The van der Waals surface area contributed by atoms with Gasteiger partial charge < -0.3 is 5.73 Å². The van der Waals surface area contributed by atoms with Crippen molar-refractivity contribution < 1.29 is 4.79 Å². The van der Waals surface area contributed by atoms with Gasteiger partial charge in [0.2, 0.25) is 5.91 Å². The zero-order valence-electron chi connectivity index (χ0n) is 18.7. The third-order valence-corrected chi connectivity index (χ3v) is 6.75. The minimum Gasteiger partial charge on any atom is -0.369 e. The number of aliphatic imine (C=N–C) groups is 1. The van der Waals surface area contributed by atoms with Crippen molar-refractivity contribution in [2.45, 2.75) is 37.1 Å². The predicted octanol–water partition coefficient (Wildman–Crippen LogP) is 4.28. The summed E-state index contributed by atoms with van der Waals surface area (Å²) in [6, 6.07) is 21.8. The van der Waals surface area contributed by atoms with Crippen LogP contribution in [0.2, 0.25) is 0 Å². The van der Waals surface area contributed by atoms with Crippen molar-refractivity contribution in [1.29, 1.82) is 5.26 Å². The summed E-state index contributed by atoms with van der Waals surface area (Å²) < 4.78 is 0. The van der Waals surface area contributed by atoms with E-state index in [1.165, 1.54) is 23.3 Å². The second-order valence-electron chi connectivity index (χ2n) is 9.01. The van der Waals surface area contributed by atoms with Crippen LogP contribution in [-0.4, -0.2) is 28.8 Å². The molecule has 33 heavy (non-hydrogen) atoms. The molecule has 1 saturated carbocycles. The standard InChI is InChI=1S/C27H25N5O/c1-27(23-15-22(12-13-30-23)21-5-3-4-17(14-21)16-28)24(25(33)32(2)26(29)31-27)20-10-8-19(9-11-20)18-6-7-18/h3-5,8-15,18,24H,6-7H2,1-2H3,(H2,29,31)/t24-,27?/m0/s1. The summed E-state index contributed by atoms with van der Waals surface area (Å²) in [6.45, 7) is 1.92. The lowest BCUT2D eigenvalue weighted by molar-refractivity contribution is -0.130. The van der Waals surface area contributed by atoms with Crippen LogP contribution in [0.3, 0.4) is 0 Å². The number of benzene rings is 2. The van der Waals surface area contributed by atoms with Gasteiger partial charge in [-0.3, -0.25) is 14.7 Å². The van der Waals surface area contributed by atoms with Crippen LogP contribution in [0.15, 0.2) is 71.9 Å². The van der Waals surface area contributed by atoms with Gasteiger partial charge in [-0.15, -0.1) is 0 Å². The lowest BCUT2D eigenvalue weighted by Crippen LogP contribution is -2.52. The van der Waals surface area contributed by atoms with Crippen LogP contribution in [0.4, 0.5) is 0 Å². The molecule has 1 fully saturated rings. The van der Waals surface area contributed by atoms with Crippen molar-refractivity contribution in [2.75, 3.05) is 7.05 Å². The summed E-state index contributed by atoms with van der Waals surface area (Å²) in [5, 5.41) is 9.27. The fourth-order valence-corrected chi connectivity index (χ4v) is 4.63. The molecule has 0 saturated heterocycles. The van der Waals surface area contributed by atoms with Gasteiger partial charge in [0, 0.05) is 13.2 Å². The number of carbonyl (C=O) groups is 1. The summed E-state index contributed by atoms with van der Waals surface area (Å²) in [6.07, 6.45) is 4.18. The third-order valence-electron chi connectivity index (χ3n) is 6.75. The first-order valence-electron chi connectivity index (χ1n) is 11.1. The predicted molar refractivity (Wildman–Crippen MR) is 127 cm³/mol. The summed E-state index contributed by atoms with van der Waals surface area (Å²) in [4.78, 5) is 24.3. The van der Waals surface area contributed by atoms with Gasteiger partial charge in [-0.25, -0.2) is 4.99 Å². The van der Waals surface area contributed by atoms with Crippen molar-refractivity contribution in [3.63, 3.8) is 0 Å². The second kappa shape index (κ2) is 7.86. The van der Waals surface area contributed by atoms with Crippen LogP contribution in [0, 0.1) is 11.3 Å². The number of amides is 1. The minimum atomic E-state index is -0.975. The zero-order valence-corrected chi connectivity index (χ0v) is 18.7. The molecule has 1 aromatic heterocycles. The van der Waals surface area contributed by atoms with Crippen molar-refractivity contribution >= 4 is 11.9 Å². The first-order valence-corrected chi connectivity index (χ1v) is 11.1. The van der Waals surface area contributed by atoms with E-state index in [0.717, 1.165) is 16.7 Å². The van der Waals surface area contributed by atoms with E-state index in [1.54, 1.807) is 19.3 Å². The molecule has 0 spiro atoms. The van der Waals surface area contributed by atoms with Gasteiger partial charge >= 0.3 is 0 Å².